The van der Waals surface area contributed by atoms with Gasteiger partial charge in [-0.2, -0.15) is 0 Å². The third-order valence-corrected chi connectivity index (χ3v) is 2.88. The molecule has 0 saturated heterocycles. The minimum absolute atomic E-state index is 0.0492. The van der Waals surface area contributed by atoms with E-state index < -0.39 is 5.97 Å². The molecule has 1 aromatic carbocycles. The number of hydrogen-bond acceptors (Lipinski definition) is 3. The highest BCUT2D eigenvalue weighted by Gasteiger charge is 2.20. The third kappa shape index (κ3) is 4.71. The number of aliphatic carboxylic acids is 1. The van der Waals surface area contributed by atoms with Crippen LogP contribution in [0.4, 0.5) is 5.69 Å². The molecule has 3 N–H and O–H groups in total. The first-order valence-corrected chi connectivity index (χ1v) is 6.34. The molecule has 0 bridgehead atoms. The number of amides is 1. The minimum Gasteiger partial charge on any atom is -0.481 e. The molecule has 5 nitrogen and oxygen atoms in total. The van der Waals surface area contributed by atoms with Gasteiger partial charge in [0.15, 0.2) is 0 Å². The number of nitrogens with zero attached hydrogens (tertiary/aromatic N) is 1. The van der Waals surface area contributed by atoms with E-state index in [-0.39, 0.29) is 24.8 Å². The normalized spacial score (nSPS) is 11.9. The summed E-state index contributed by atoms with van der Waals surface area (Å²) in [5.74, 6) is -1.20. The number of anilines is 1. The zero-order valence-electron chi connectivity index (χ0n) is 11.1. The van der Waals surface area contributed by atoms with Crippen LogP contribution < -0.4 is 10.6 Å². The summed E-state index contributed by atoms with van der Waals surface area (Å²) in [5, 5.41) is 8.67. The third-order valence-electron chi connectivity index (χ3n) is 2.88. The van der Waals surface area contributed by atoms with Gasteiger partial charge >= 0.3 is 5.97 Å². The van der Waals surface area contributed by atoms with Crippen molar-refractivity contribution in [2.24, 2.45) is 11.7 Å². The van der Waals surface area contributed by atoms with Crippen LogP contribution in [0.5, 0.6) is 0 Å². The van der Waals surface area contributed by atoms with Crippen molar-refractivity contribution < 1.29 is 14.7 Å². The minimum atomic E-state index is -0.854. The van der Waals surface area contributed by atoms with Crippen LogP contribution in [0.1, 0.15) is 19.8 Å². The fraction of sp³-hybridized carbons (Fsp3) is 0.429. The molecule has 104 valence electrons. The van der Waals surface area contributed by atoms with Crippen molar-refractivity contribution >= 4 is 17.6 Å². The Kier molecular flexibility index (Phi) is 6.02. The van der Waals surface area contributed by atoms with E-state index in [1.165, 1.54) is 0 Å². The second kappa shape index (κ2) is 7.53. The first-order valence-electron chi connectivity index (χ1n) is 6.34. The van der Waals surface area contributed by atoms with E-state index >= 15 is 0 Å². The number of rotatable bonds is 7. The molecule has 1 aromatic rings. The van der Waals surface area contributed by atoms with Crippen LogP contribution in [-0.4, -0.2) is 30.1 Å². The average Bonchev–Trinajstić information content (AvgIpc) is 2.42. The lowest BCUT2D eigenvalue weighted by molar-refractivity contribution is -0.137. The van der Waals surface area contributed by atoms with Crippen molar-refractivity contribution in [2.75, 3.05) is 18.0 Å². The highest BCUT2D eigenvalue weighted by Crippen LogP contribution is 2.17. The largest absolute Gasteiger partial charge is 0.481 e. The van der Waals surface area contributed by atoms with Crippen molar-refractivity contribution in [2.45, 2.75) is 19.8 Å². The number of carboxylic acids is 1. The molecule has 1 atom stereocenters. The Hall–Kier alpha value is -1.88. The van der Waals surface area contributed by atoms with Crippen LogP contribution in [0.15, 0.2) is 30.3 Å². The zero-order valence-corrected chi connectivity index (χ0v) is 11.1. The molecule has 19 heavy (non-hydrogen) atoms. The van der Waals surface area contributed by atoms with Crippen molar-refractivity contribution in [3.8, 4) is 0 Å². The zero-order chi connectivity index (χ0) is 14.3. The van der Waals surface area contributed by atoms with Gasteiger partial charge in [-0.15, -0.1) is 0 Å². The standard InChI is InChI=1S/C14H20N2O3/c1-11(10-15)14(19)16(9-5-8-13(17)18)12-6-3-2-4-7-12/h2-4,6-7,11H,5,8-10,15H2,1H3,(H,17,18). The molecule has 0 fully saturated rings. The molecular formula is C14H20N2O3. The summed E-state index contributed by atoms with van der Waals surface area (Å²) in [6.45, 7) is 2.44. The maximum absolute atomic E-state index is 12.2. The van der Waals surface area contributed by atoms with Crippen LogP contribution in [0.25, 0.3) is 0 Å². The summed E-state index contributed by atoms with van der Waals surface area (Å²) in [5.41, 5.74) is 6.30. The van der Waals surface area contributed by atoms with Gasteiger partial charge in [0, 0.05) is 31.1 Å². The summed E-state index contributed by atoms with van der Waals surface area (Å²) in [6.07, 6.45) is 0.473. The molecule has 1 rings (SSSR count). The lowest BCUT2D eigenvalue weighted by Crippen LogP contribution is -2.38. The second-order valence-electron chi connectivity index (χ2n) is 4.46. The van der Waals surface area contributed by atoms with Crippen molar-refractivity contribution in [1.82, 2.24) is 0 Å². The molecule has 0 aliphatic rings. The second-order valence-corrected chi connectivity index (χ2v) is 4.46. The lowest BCUT2D eigenvalue weighted by Gasteiger charge is -2.25. The molecule has 0 heterocycles. The van der Waals surface area contributed by atoms with Crippen molar-refractivity contribution in [3.63, 3.8) is 0 Å². The number of carbonyl (C=O) groups is 2. The Bertz CT molecular complexity index is 420. The van der Waals surface area contributed by atoms with Crippen molar-refractivity contribution in [1.29, 1.82) is 0 Å². The van der Waals surface area contributed by atoms with Gasteiger partial charge in [-0.1, -0.05) is 25.1 Å². The number of hydrogen-bond donors (Lipinski definition) is 2. The SMILES string of the molecule is CC(CN)C(=O)N(CCCC(=O)O)c1ccccc1. The number of nitrogens with two attached hydrogens (primary N) is 1. The van der Waals surface area contributed by atoms with Gasteiger partial charge in [0.2, 0.25) is 5.91 Å². The smallest absolute Gasteiger partial charge is 0.303 e. The van der Waals surface area contributed by atoms with E-state index in [1.807, 2.05) is 30.3 Å². The fourth-order valence-electron chi connectivity index (χ4n) is 1.73. The monoisotopic (exact) mass is 264 g/mol. The van der Waals surface area contributed by atoms with E-state index in [4.69, 9.17) is 10.8 Å². The van der Waals surface area contributed by atoms with E-state index in [0.29, 0.717) is 13.0 Å². The first-order chi connectivity index (χ1) is 9.06. The van der Waals surface area contributed by atoms with Gasteiger partial charge in [0.25, 0.3) is 0 Å². The Morgan fingerprint density at radius 3 is 2.47 bits per heavy atom. The molecule has 1 amide bonds. The molecule has 0 aliphatic carbocycles. The molecule has 0 radical (unpaired) electrons. The number of para-hydroxylation sites is 1. The lowest BCUT2D eigenvalue weighted by atomic mass is 10.1. The maximum Gasteiger partial charge on any atom is 0.303 e. The van der Waals surface area contributed by atoms with Crippen LogP contribution >= 0.6 is 0 Å². The highest BCUT2D eigenvalue weighted by molar-refractivity contribution is 5.95. The Morgan fingerprint density at radius 2 is 1.95 bits per heavy atom. The van der Waals surface area contributed by atoms with Gasteiger partial charge in [-0.25, -0.2) is 0 Å². The van der Waals surface area contributed by atoms with Gasteiger partial charge in [0.1, 0.15) is 0 Å². The number of carboxylic acid groups (broad SMARTS) is 1. The predicted molar refractivity (Wildman–Crippen MR) is 73.9 cm³/mol. The maximum atomic E-state index is 12.2. The van der Waals surface area contributed by atoms with Crippen LogP contribution in [0.2, 0.25) is 0 Å². The van der Waals surface area contributed by atoms with E-state index in [9.17, 15) is 9.59 Å². The van der Waals surface area contributed by atoms with Gasteiger partial charge in [-0.3, -0.25) is 9.59 Å². The van der Waals surface area contributed by atoms with Crippen LogP contribution in [0, 0.1) is 5.92 Å². The molecule has 5 heteroatoms. The summed E-state index contributed by atoms with van der Waals surface area (Å²) in [7, 11) is 0. The average molecular weight is 264 g/mol. The quantitative estimate of drug-likeness (QED) is 0.781. The summed E-state index contributed by atoms with van der Waals surface area (Å²) >= 11 is 0. The highest BCUT2D eigenvalue weighted by atomic mass is 16.4. The molecule has 1 unspecified atom stereocenters. The van der Waals surface area contributed by atoms with E-state index in [2.05, 4.69) is 0 Å². The van der Waals surface area contributed by atoms with Gasteiger partial charge < -0.3 is 15.7 Å². The predicted octanol–water partition coefficient (Wildman–Crippen LogP) is 1.48. The summed E-state index contributed by atoms with van der Waals surface area (Å²) in [6, 6.07) is 9.24. The topological polar surface area (TPSA) is 83.6 Å². The van der Waals surface area contributed by atoms with Gasteiger partial charge in [0.05, 0.1) is 0 Å². The Labute approximate surface area is 113 Å². The van der Waals surface area contributed by atoms with Gasteiger partial charge in [-0.05, 0) is 18.6 Å². The summed E-state index contributed by atoms with van der Waals surface area (Å²) < 4.78 is 0. The molecule has 0 spiro atoms. The van der Waals surface area contributed by atoms with Crippen LogP contribution in [0.3, 0.4) is 0 Å². The molecule has 0 aliphatic heterocycles. The number of carbonyl (C=O) groups excluding carboxylic acids is 1. The summed E-state index contributed by atoms with van der Waals surface area (Å²) in [4.78, 5) is 24.4. The molecule has 0 aromatic heterocycles. The van der Waals surface area contributed by atoms with Crippen LogP contribution in [-0.2, 0) is 9.59 Å². The Balaban J connectivity index is 2.79. The fourth-order valence-corrected chi connectivity index (χ4v) is 1.73. The van der Waals surface area contributed by atoms with E-state index in [0.717, 1.165) is 5.69 Å². The van der Waals surface area contributed by atoms with Crippen molar-refractivity contribution in [3.05, 3.63) is 30.3 Å². The van der Waals surface area contributed by atoms with E-state index in [1.54, 1.807) is 11.8 Å². The molecular weight excluding hydrogens is 244 g/mol. The number of benzene rings is 1. The molecule has 0 saturated carbocycles. The first kappa shape index (κ1) is 15.2. The Morgan fingerprint density at radius 1 is 1.32 bits per heavy atom.